The summed E-state index contributed by atoms with van der Waals surface area (Å²) in [4.78, 5) is 26.8. The van der Waals surface area contributed by atoms with Crippen molar-refractivity contribution < 1.29 is 18.0 Å². The van der Waals surface area contributed by atoms with Gasteiger partial charge in [-0.1, -0.05) is 11.6 Å². The topological polar surface area (TPSA) is 108 Å². The summed E-state index contributed by atoms with van der Waals surface area (Å²) < 4.78 is 26.7. The van der Waals surface area contributed by atoms with Gasteiger partial charge in [0.25, 0.3) is 5.91 Å². The van der Waals surface area contributed by atoms with Crippen LogP contribution in [0.25, 0.3) is 0 Å². The number of aromatic nitrogens is 1. The molecule has 2 rings (SSSR count). The molecule has 7 nitrogen and oxygen atoms in total. The number of halogens is 1. The number of hydrogen-bond donors (Lipinski definition) is 3. The second-order valence-corrected chi connectivity index (χ2v) is 7.99. The first-order valence-corrected chi connectivity index (χ1v) is 9.73. The van der Waals surface area contributed by atoms with Crippen molar-refractivity contribution in [2.45, 2.75) is 25.7 Å². The van der Waals surface area contributed by atoms with Crippen LogP contribution in [0.2, 0.25) is 5.02 Å². The van der Waals surface area contributed by atoms with Crippen molar-refractivity contribution in [2.75, 3.05) is 13.1 Å². The van der Waals surface area contributed by atoms with Crippen LogP contribution < -0.4 is 10.0 Å². The zero-order chi connectivity index (χ0) is 19.5. The molecule has 0 saturated carbocycles. The highest BCUT2D eigenvalue weighted by Crippen LogP contribution is 2.18. The summed E-state index contributed by atoms with van der Waals surface area (Å²) in [7, 11) is -3.67. The summed E-state index contributed by atoms with van der Waals surface area (Å²) in [5, 5.41) is 3.09. The number of hydrogen-bond acceptors (Lipinski definition) is 4. The second-order valence-electron chi connectivity index (χ2n) is 5.79. The molecule has 1 heterocycles. The van der Waals surface area contributed by atoms with E-state index in [0.29, 0.717) is 27.5 Å². The van der Waals surface area contributed by atoms with Crippen LogP contribution in [0.3, 0.4) is 0 Å². The Bertz CT molecular complexity index is 934. The smallest absolute Gasteiger partial charge is 0.253 e. The Morgan fingerprint density at radius 1 is 1.12 bits per heavy atom. The standard InChI is InChI=1S/C17H20ClN3O4S/c1-10-15(11(2)21-16(10)12(3)22)17(23)19-8-9-20-26(24,25)14-6-4-13(18)5-7-14/h4-7,20-21H,8-9H2,1-3H3,(H,19,23). The van der Waals surface area contributed by atoms with Crippen LogP contribution in [0, 0.1) is 13.8 Å². The maximum absolute atomic E-state index is 12.3. The summed E-state index contributed by atoms with van der Waals surface area (Å²) in [5.41, 5.74) is 1.97. The number of aromatic amines is 1. The third kappa shape index (κ3) is 4.51. The monoisotopic (exact) mass is 397 g/mol. The minimum absolute atomic E-state index is 0.0266. The predicted molar refractivity (Wildman–Crippen MR) is 99.2 cm³/mol. The summed E-state index contributed by atoms with van der Waals surface area (Å²) in [6.07, 6.45) is 0. The maximum atomic E-state index is 12.3. The van der Waals surface area contributed by atoms with Crippen LogP contribution in [0.5, 0.6) is 0 Å². The van der Waals surface area contributed by atoms with Crippen LogP contribution >= 0.6 is 11.6 Å². The summed E-state index contributed by atoms with van der Waals surface area (Å²) in [6, 6.07) is 5.78. The van der Waals surface area contributed by atoms with Crippen LogP contribution in [0.4, 0.5) is 0 Å². The number of H-pyrrole nitrogens is 1. The molecule has 0 aliphatic carbocycles. The fourth-order valence-electron chi connectivity index (χ4n) is 2.59. The van der Waals surface area contributed by atoms with E-state index < -0.39 is 10.0 Å². The average Bonchev–Trinajstić information content (AvgIpc) is 2.87. The van der Waals surface area contributed by atoms with Gasteiger partial charge in [0.05, 0.1) is 16.2 Å². The SMILES string of the molecule is CC(=O)c1[nH]c(C)c(C(=O)NCCNS(=O)(=O)c2ccc(Cl)cc2)c1C. The number of rotatable bonds is 7. The highest BCUT2D eigenvalue weighted by atomic mass is 35.5. The predicted octanol–water partition coefficient (Wildman–Crippen LogP) is 2.20. The fourth-order valence-corrected chi connectivity index (χ4v) is 3.75. The molecule has 1 aromatic carbocycles. The molecule has 2 aromatic rings. The Labute approximate surface area is 157 Å². The van der Waals surface area contributed by atoms with Crippen molar-refractivity contribution in [3.05, 3.63) is 51.8 Å². The third-order valence-electron chi connectivity index (χ3n) is 3.84. The molecule has 0 unspecified atom stereocenters. The Morgan fingerprint density at radius 3 is 2.27 bits per heavy atom. The average molecular weight is 398 g/mol. The summed E-state index contributed by atoms with van der Waals surface area (Å²) in [5.74, 6) is -0.519. The minimum atomic E-state index is -3.67. The van der Waals surface area contributed by atoms with Crippen molar-refractivity contribution in [1.82, 2.24) is 15.0 Å². The van der Waals surface area contributed by atoms with Crippen LogP contribution in [-0.2, 0) is 10.0 Å². The third-order valence-corrected chi connectivity index (χ3v) is 5.57. The van der Waals surface area contributed by atoms with Gasteiger partial charge in [0.15, 0.2) is 5.78 Å². The number of benzene rings is 1. The van der Waals surface area contributed by atoms with Gasteiger partial charge in [-0.2, -0.15) is 0 Å². The summed E-state index contributed by atoms with van der Waals surface area (Å²) in [6.45, 7) is 4.95. The first-order chi connectivity index (χ1) is 12.1. The Balaban J connectivity index is 1.95. The van der Waals surface area contributed by atoms with Crippen molar-refractivity contribution in [3.8, 4) is 0 Å². The van der Waals surface area contributed by atoms with Gasteiger partial charge < -0.3 is 10.3 Å². The Hall–Kier alpha value is -2.16. The lowest BCUT2D eigenvalue weighted by atomic mass is 10.1. The number of carbonyl (C=O) groups is 2. The minimum Gasteiger partial charge on any atom is -0.355 e. The van der Waals surface area contributed by atoms with E-state index >= 15 is 0 Å². The molecule has 0 bridgehead atoms. The Morgan fingerprint density at radius 2 is 1.73 bits per heavy atom. The maximum Gasteiger partial charge on any atom is 0.253 e. The molecule has 26 heavy (non-hydrogen) atoms. The number of carbonyl (C=O) groups excluding carboxylic acids is 2. The normalized spacial score (nSPS) is 11.4. The first-order valence-electron chi connectivity index (χ1n) is 7.87. The zero-order valence-corrected chi connectivity index (χ0v) is 16.2. The largest absolute Gasteiger partial charge is 0.355 e. The van der Waals surface area contributed by atoms with E-state index in [0.717, 1.165) is 0 Å². The molecule has 3 N–H and O–H groups in total. The van der Waals surface area contributed by atoms with E-state index in [4.69, 9.17) is 11.6 Å². The number of ketones is 1. The van der Waals surface area contributed by atoms with Crippen LogP contribution in [0.1, 0.15) is 39.0 Å². The second kappa shape index (κ2) is 8.03. The van der Waals surface area contributed by atoms with Gasteiger partial charge in [0.1, 0.15) is 0 Å². The van der Waals surface area contributed by atoms with Gasteiger partial charge in [0.2, 0.25) is 10.0 Å². The highest BCUT2D eigenvalue weighted by Gasteiger charge is 2.20. The molecular formula is C17H20ClN3O4S. The first kappa shape index (κ1) is 20.2. The van der Waals surface area contributed by atoms with E-state index in [1.165, 1.54) is 31.2 Å². The van der Waals surface area contributed by atoms with Crippen molar-refractivity contribution in [3.63, 3.8) is 0 Å². The molecular weight excluding hydrogens is 378 g/mol. The molecule has 0 radical (unpaired) electrons. The van der Waals surface area contributed by atoms with Crippen LogP contribution in [-0.4, -0.2) is 38.2 Å². The van der Waals surface area contributed by atoms with Crippen molar-refractivity contribution in [1.29, 1.82) is 0 Å². The number of sulfonamides is 1. The van der Waals surface area contributed by atoms with Gasteiger partial charge in [-0.25, -0.2) is 13.1 Å². The molecule has 0 aliphatic heterocycles. The molecule has 0 atom stereocenters. The van der Waals surface area contributed by atoms with Crippen molar-refractivity contribution in [2.24, 2.45) is 0 Å². The van der Waals surface area contributed by atoms with E-state index in [1.54, 1.807) is 13.8 Å². The molecule has 0 fully saturated rings. The lowest BCUT2D eigenvalue weighted by Gasteiger charge is -2.09. The highest BCUT2D eigenvalue weighted by molar-refractivity contribution is 7.89. The van der Waals surface area contributed by atoms with Crippen molar-refractivity contribution >= 4 is 33.3 Å². The van der Waals surface area contributed by atoms with Gasteiger partial charge >= 0.3 is 0 Å². The van der Waals surface area contributed by atoms with E-state index in [2.05, 4.69) is 15.0 Å². The quantitative estimate of drug-likeness (QED) is 0.491. The van der Waals surface area contributed by atoms with E-state index in [9.17, 15) is 18.0 Å². The fraction of sp³-hybridized carbons (Fsp3) is 0.294. The zero-order valence-electron chi connectivity index (χ0n) is 14.6. The van der Waals surface area contributed by atoms with Gasteiger partial charge in [-0.15, -0.1) is 0 Å². The number of aryl methyl sites for hydroxylation is 1. The van der Waals surface area contributed by atoms with E-state index in [1.807, 2.05) is 0 Å². The lowest BCUT2D eigenvalue weighted by Crippen LogP contribution is -2.35. The number of Topliss-reactive ketones (excluding diaryl/α,β-unsaturated/α-hetero) is 1. The molecule has 0 aliphatic rings. The van der Waals surface area contributed by atoms with E-state index in [-0.39, 0.29) is 29.7 Å². The lowest BCUT2D eigenvalue weighted by molar-refractivity contribution is 0.0953. The molecule has 0 spiro atoms. The Kier molecular flexibility index (Phi) is 6.22. The molecule has 0 saturated heterocycles. The van der Waals surface area contributed by atoms with Crippen LogP contribution in [0.15, 0.2) is 29.2 Å². The molecule has 1 aromatic heterocycles. The number of amides is 1. The summed E-state index contributed by atoms with van der Waals surface area (Å²) >= 11 is 5.74. The van der Waals surface area contributed by atoms with Gasteiger partial charge in [-0.05, 0) is 43.7 Å². The molecule has 9 heteroatoms. The van der Waals surface area contributed by atoms with Gasteiger partial charge in [-0.3, -0.25) is 9.59 Å². The van der Waals surface area contributed by atoms with Gasteiger partial charge in [0, 0.05) is 30.7 Å². The molecule has 140 valence electrons. The molecule has 1 amide bonds. The number of nitrogens with one attached hydrogen (secondary N) is 3.